The molecule has 0 aromatic carbocycles. The Morgan fingerprint density at radius 3 is 2.44 bits per heavy atom. The molecule has 1 aliphatic heterocycles. The maximum atomic E-state index is 14.0. The van der Waals surface area contributed by atoms with Gasteiger partial charge in [0.25, 0.3) is 5.91 Å². The minimum Gasteiger partial charge on any atom is -0.380 e. The highest BCUT2D eigenvalue weighted by molar-refractivity contribution is 5.95. The molecule has 2 saturated carbocycles. The number of ether oxygens (including phenoxy) is 1. The number of amides is 2. The van der Waals surface area contributed by atoms with Crippen LogP contribution >= 0.6 is 0 Å². The maximum absolute atomic E-state index is 14.0. The number of nitrogens with one attached hydrogen (secondary N) is 2. The number of hydrogen-bond donors (Lipinski definition) is 2. The molecule has 2 N–H and O–H groups in total. The lowest BCUT2D eigenvalue weighted by atomic mass is 9.81. The molecule has 3 fully saturated rings. The number of rotatable bonds is 10. The van der Waals surface area contributed by atoms with Crippen LogP contribution in [0.3, 0.4) is 0 Å². The van der Waals surface area contributed by atoms with Crippen molar-refractivity contribution in [3.8, 4) is 0 Å². The molecule has 232 valence electrons. The Balaban J connectivity index is 1.25. The fraction of sp³-hybridized carbons (Fsp3) is 0.607. The van der Waals surface area contributed by atoms with E-state index in [1.54, 1.807) is 12.3 Å². The molecule has 3 aromatic rings. The summed E-state index contributed by atoms with van der Waals surface area (Å²) in [5.41, 5.74) is 2.14. The van der Waals surface area contributed by atoms with Crippen molar-refractivity contribution >= 4 is 17.5 Å². The van der Waals surface area contributed by atoms with Crippen molar-refractivity contribution in [2.75, 3.05) is 13.2 Å². The normalized spacial score (nSPS) is 20.9. The van der Waals surface area contributed by atoms with Gasteiger partial charge in [0.2, 0.25) is 11.8 Å². The lowest BCUT2D eigenvalue weighted by Crippen LogP contribution is -2.38. The van der Waals surface area contributed by atoms with Gasteiger partial charge in [0, 0.05) is 19.3 Å². The van der Waals surface area contributed by atoms with Gasteiger partial charge in [-0.2, -0.15) is 18.3 Å². The molecule has 2 atom stereocenters. The highest BCUT2D eigenvalue weighted by Crippen LogP contribution is 2.43. The van der Waals surface area contributed by atoms with Gasteiger partial charge in [-0.1, -0.05) is 5.16 Å². The molecule has 1 unspecified atom stereocenters. The molecule has 2 aliphatic carbocycles. The molecular weight excluding hydrogens is 579 g/mol. The summed E-state index contributed by atoms with van der Waals surface area (Å²) < 4.78 is 77.7. The van der Waals surface area contributed by atoms with Crippen LogP contribution in [0.15, 0.2) is 29.2 Å². The van der Waals surface area contributed by atoms with Crippen molar-refractivity contribution in [1.29, 1.82) is 0 Å². The smallest absolute Gasteiger partial charge is 0.380 e. The molecule has 3 aromatic heterocycles. The summed E-state index contributed by atoms with van der Waals surface area (Å²) >= 11 is 0. The van der Waals surface area contributed by atoms with Crippen LogP contribution < -0.4 is 10.6 Å². The zero-order valence-corrected chi connectivity index (χ0v) is 23.1. The summed E-state index contributed by atoms with van der Waals surface area (Å²) in [6.45, 7) is 0.831. The predicted octanol–water partition coefficient (Wildman–Crippen LogP) is 5.04. The van der Waals surface area contributed by atoms with Crippen molar-refractivity contribution in [1.82, 2.24) is 30.4 Å². The first kappa shape index (κ1) is 29.5. The highest BCUT2D eigenvalue weighted by Gasteiger charge is 2.40. The van der Waals surface area contributed by atoms with Crippen LogP contribution in [0.4, 0.5) is 22.0 Å². The Labute approximate surface area is 242 Å². The van der Waals surface area contributed by atoms with Crippen LogP contribution in [-0.4, -0.2) is 56.9 Å². The van der Waals surface area contributed by atoms with E-state index in [-0.39, 0.29) is 49.0 Å². The summed E-state index contributed by atoms with van der Waals surface area (Å²) in [6, 6.07) is 0.471. The first-order valence-electron chi connectivity index (χ1n) is 14.4. The number of nitrogens with zero attached hydrogens (tertiary/aromatic N) is 4. The van der Waals surface area contributed by atoms with Crippen molar-refractivity contribution in [3.63, 3.8) is 0 Å². The van der Waals surface area contributed by atoms with Gasteiger partial charge in [-0.3, -0.25) is 9.59 Å². The zero-order chi connectivity index (χ0) is 30.4. The van der Waals surface area contributed by atoms with Crippen LogP contribution in [0.5, 0.6) is 0 Å². The van der Waals surface area contributed by atoms with Gasteiger partial charge in [0.1, 0.15) is 17.5 Å². The molecule has 6 rings (SSSR count). The van der Waals surface area contributed by atoms with Gasteiger partial charge in [-0.25, -0.2) is 18.3 Å². The molecular formula is C28H31F5N6O4. The average molecular weight is 611 g/mol. The zero-order valence-electron chi connectivity index (χ0n) is 23.1. The molecule has 10 nitrogen and oxygen atoms in total. The van der Waals surface area contributed by atoms with Crippen LogP contribution in [-0.2, 0) is 9.53 Å². The lowest BCUT2D eigenvalue weighted by Gasteiger charge is -2.33. The van der Waals surface area contributed by atoms with Gasteiger partial charge in [0.05, 0.1) is 55.7 Å². The van der Waals surface area contributed by atoms with Crippen LogP contribution in [0.1, 0.15) is 96.7 Å². The summed E-state index contributed by atoms with van der Waals surface area (Å²) in [7, 11) is 0. The standard InChI is InChI=1S/C28H31F5N6O4/c29-27(30)6-3-16(4-7-27)25(37-26(41)19-14-43-38-24(19)18-12-42-13-18)20-11-39-21(35-20)9-17(10-34-39)23(15-1-2-15)36-22(40)5-8-28(31,32)33/h9-11,14-16,18,23,25H,1-8,12-13H2,(H,36,40)(H,37,41)/t23?,25-/m0/s1. The number of imidazole rings is 1. The highest BCUT2D eigenvalue weighted by atomic mass is 19.4. The first-order chi connectivity index (χ1) is 20.5. The maximum Gasteiger partial charge on any atom is 0.389 e. The second-order valence-corrected chi connectivity index (χ2v) is 11.7. The molecule has 0 bridgehead atoms. The van der Waals surface area contributed by atoms with Gasteiger partial charge in [0.15, 0.2) is 5.65 Å². The monoisotopic (exact) mass is 610 g/mol. The number of fused-ring (bicyclic) bond motifs is 1. The molecule has 4 heterocycles. The van der Waals surface area contributed by atoms with E-state index in [1.807, 2.05) is 0 Å². The molecule has 0 radical (unpaired) electrons. The lowest BCUT2D eigenvalue weighted by molar-refractivity contribution is -0.144. The Kier molecular flexibility index (Phi) is 7.86. The van der Waals surface area contributed by atoms with E-state index in [0.29, 0.717) is 35.8 Å². The number of alkyl halides is 5. The first-order valence-corrected chi connectivity index (χ1v) is 14.4. The second kappa shape index (κ2) is 11.5. The van der Waals surface area contributed by atoms with Crippen LogP contribution in [0.25, 0.3) is 5.65 Å². The second-order valence-electron chi connectivity index (χ2n) is 11.7. The largest absolute Gasteiger partial charge is 0.389 e. The Hall–Kier alpha value is -3.62. The molecule has 3 aliphatic rings. The van der Waals surface area contributed by atoms with E-state index in [0.717, 1.165) is 12.8 Å². The van der Waals surface area contributed by atoms with Gasteiger partial charge in [-0.15, -0.1) is 0 Å². The van der Waals surface area contributed by atoms with Gasteiger partial charge in [-0.05, 0) is 49.1 Å². The number of halogens is 5. The number of carbonyl (C=O) groups is 2. The SMILES string of the molecule is O=C(CCC(F)(F)F)NC(c1cnn2cc([C@@H](NC(=O)c3conc3C3COC3)C3CCC(F)(F)CC3)nc2c1)C1CC1. The average Bonchev–Trinajstić information content (AvgIpc) is 3.49. The third-order valence-electron chi connectivity index (χ3n) is 8.47. The van der Waals surface area contributed by atoms with Crippen molar-refractivity contribution in [3.05, 3.63) is 47.2 Å². The fourth-order valence-corrected chi connectivity index (χ4v) is 5.78. The third-order valence-corrected chi connectivity index (χ3v) is 8.47. The van der Waals surface area contributed by atoms with E-state index < -0.39 is 48.8 Å². The molecule has 0 spiro atoms. The topological polar surface area (TPSA) is 124 Å². The summed E-state index contributed by atoms with van der Waals surface area (Å²) in [6.07, 6.45) is -0.542. The molecule has 2 amide bonds. The van der Waals surface area contributed by atoms with Crippen molar-refractivity contribution in [2.24, 2.45) is 11.8 Å². The molecule has 1 saturated heterocycles. The van der Waals surface area contributed by atoms with Gasteiger partial charge >= 0.3 is 6.18 Å². The number of carbonyl (C=O) groups excluding carboxylic acids is 2. The fourth-order valence-electron chi connectivity index (χ4n) is 5.78. The minimum atomic E-state index is -4.43. The molecule has 43 heavy (non-hydrogen) atoms. The van der Waals surface area contributed by atoms with Crippen LogP contribution in [0.2, 0.25) is 0 Å². The quantitative estimate of drug-likeness (QED) is 0.309. The molecule has 15 heteroatoms. The summed E-state index contributed by atoms with van der Waals surface area (Å²) in [4.78, 5) is 30.4. The Morgan fingerprint density at radius 2 is 1.79 bits per heavy atom. The van der Waals surface area contributed by atoms with E-state index in [9.17, 15) is 31.5 Å². The number of hydrogen-bond acceptors (Lipinski definition) is 7. The summed E-state index contributed by atoms with van der Waals surface area (Å²) in [5, 5.41) is 14.1. The van der Waals surface area contributed by atoms with E-state index >= 15 is 0 Å². The third kappa shape index (κ3) is 6.81. The summed E-state index contributed by atoms with van der Waals surface area (Å²) in [5.74, 6) is -4.26. The van der Waals surface area contributed by atoms with Crippen molar-refractivity contribution < 1.29 is 40.8 Å². The van der Waals surface area contributed by atoms with Crippen molar-refractivity contribution in [2.45, 2.75) is 81.5 Å². The van der Waals surface area contributed by atoms with Crippen LogP contribution in [0, 0.1) is 11.8 Å². The van der Waals surface area contributed by atoms with E-state index in [4.69, 9.17) is 14.2 Å². The Bertz CT molecular complexity index is 1470. The number of aromatic nitrogens is 4. The predicted molar refractivity (Wildman–Crippen MR) is 139 cm³/mol. The van der Waals surface area contributed by atoms with E-state index in [2.05, 4.69) is 20.9 Å². The van der Waals surface area contributed by atoms with Gasteiger partial charge < -0.3 is 19.9 Å². The Morgan fingerprint density at radius 1 is 1.07 bits per heavy atom. The minimum absolute atomic E-state index is 0.0718. The van der Waals surface area contributed by atoms with E-state index in [1.165, 1.54) is 17.0 Å².